The molecule has 5 heteroatoms. The highest BCUT2D eigenvalue weighted by Crippen LogP contribution is 2.35. The second kappa shape index (κ2) is 7.80. The van der Waals surface area contributed by atoms with Crippen LogP contribution in [0.2, 0.25) is 0 Å². The lowest BCUT2D eigenvalue weighted by molar-refractivity contribution is -0.109. The topological polar surface area (TPSA) is 61.6 Å². The highest BCUT2D eigenvalue weighted by atomic mass is 16.1. The maximum atomic E-state index is 12.0. The van der Waals surface area contributed by atoms with Gasteiger partial charge in [0.25, 0.3) is 0 Å². The van der Waals surface area contributed by atoms with Crippen molar-refractivity contribution in [3.8, 4) is 11.1 Å². The lowest BCUT2D eigenvalue weighted by atomic mass is 10.0. The van der Waals surface area contributed by atoms with Crippen LogP contribution in [0, 0.1) is 0 Å². The van der Waals surface area contributed by atoms with E-state index in [2.05, 4.69) is 52.4 Å². The minimum absolute atomic E-state index is 0.151. The van der Waals surface area contributed by atoms with Crippen LogP contribution in [0.25, 0.3) is 11.1 Å². The van der Waals surface area contributed by atoms with E-state index in [-0.39, 0.29) is 12.2 Å². The van der Waals surface area contributed by atoms with Crippen LogP contribution in [-0.4, -0.2) is 55.6 Å². The third-order valence-electron chi connectivity index (χ3n) is 5.67. The fraction of sp³-hybridized carbons (Fsp3) is 0.409. The van der Waals surface area contributed by atoms with Crippen molar-refractivity contribution in [2.24, 2.45) is 5.73 Å². The Labute approximate surface area is 161 Å². The molecule has 0 radical (unpaired) electrons. The average Bonchev–Trinajstić information content (AvgIpc) is 3.02. The molecule has 1 saturated heterocycles. The Morgan fingerprint density at radius 2 is 2.04 bits per heavy atom. The van der Waals surface area contributed by atoms with Gasteiger partial charge in [0.2, 0.25) is 0 Å². The molecule has 5 nitrogen and oxygen atoms in total. The second-order valence-electron chi connectivity index (χ2n) is 7.71. The number of aldehydes is 1. The van der Waals surface area contributed by atoms with Crippen molar-refractivity contribution in [1.82, 2.24) is 10.2 Å². The van der Waals surface area contributed by atoms with E-state index in [1.54, 1.807) is 0 Å². The summed E-state index contributed by atoms with van der Waals surface area (Å²) in [6.07, 6.45) is 1.70. The van der Waals surface area contributed by atoms with Gasteiger partial charge >= 0.3 is 0 Å². The Morgan fingerprint density at radius 1 is 1.22 bits per heavy atom. The van der Waals surface area contributed by atoms with Crippen LogP contribution in [0.1, 0.15) is 12.5 Å². The van der Waals surface area contributed by atoms with E-state index in [9.17, 15) is 4.79 Å². The third-order valence-corrected chi connectivity index (χ3v) is 5.67. The van der Waals surface area contributed by atoms with Gasteiger partial charge in [-0.2, -0.15) is 0 Å². The van der Waals surface area contributed by atoms with E-state index in [1.165, 1.54) is 11.1 Å². The third kappa shape index (κ3) is 3.76. The van der Waals surface area contributed by atoms with E-state index in [0.29, 0.717) is 6.04 Å². The number of nitrogens with one attached hydrogen (secondary N) is 1. The molecule has 1 fully saturated rings. The molecule has 0 spiro atoms. The summed E-state index contributed by atoms with van der Waals surface area (Å²) in [5.74, 6) is 0. The Hall–Kier alpha value is -2.21. The highest BCUT2D eigenvalue weighted by Gasteiger charge is 2.33. The maximum absolute atomic E-state index is 12.0. The van der Waals surface area contributed by atoms with Gasteiger partial charge in [0.15, 0.2) is 0 Å². The van der Waals surface area contributed by atoms with Crippen LogP contribution < -0.4 is 16.0 Å². The number of carbonyl (C=O) groups excluding carboxylic acids is 1. The van der Waals surface area contributed by atoms with Crippen molar-refractivity contribution in [2.75, 3.05) is 31.1 Å². The summed E-state index contributed by atoms with van der Waals surface area (Å²) in [6.45, 7) is 5.80. The summed E-state index contributed by atoms with van der Waals surface area (Å²) in [5.41, 5.74) is 11.1. The summed E-state index contributed by atoms with van der Waals surface area (Å²) in [5, 5.41) is 3.45. The van der Waals surface area contributed by atoms with Crippen molar-refractivity contribution in [2.45, 2.75) is 31.6 Å². The van der Waals surface area contributed by atoms with Crippen molar-refractivity contribution in [3.63, 3.8) is 0 Å². The molecule has 4 rings (SSSR count). The van der Waals surface area contributed by atoms with Crippen molar-refractivity contribution in [3.05, 3.63) is 54.1 Å². The first-order valence-corrected chi connectivity index (χ1v) is 9.79. The molecule has 0 amide bonds. The van der Waals surface area contributed by atoms with Gasteiger partial charge in [-0.25, -0.2) is 0 Å². The molecule has 0 aromatic heterocycles. The number of nitrogens with zero attached hydrogens (tertiary/aromatic N) is 2. The summed E-state index contributed by atoms with van der Waals surface area (Å²) < 4.78 is 0. The molecule has 3 N–H and O–H groups in total. The minimum Gasteiger partial charge on any atom is -0.345 e. The molecule has 0 saturated carbocycles. The molecular formula is C22H28N4O. The molecule has 2 aliphatic rings. The number of hydrogen-bond donors (Lipinski definition) is 2. The fourth-order valence-electron chi connectivity index (χ4n) is 4.35. The second-order valence-corrected chi connectivity index (χ2v) is 7.71. The zero-order chi connectivity index (χ0) is 18.8. The van der Waals surface area contributed by atoms with Crippen LogP contribution in [0.3, 0.4) is 0 Å². The molecule has 2 aromatic carbocycles. The molecular weight excluding hydrogens is 336 g/mol. The molecule has 3 atom stereocenters. The van der Waals surface area contributed by atoms with Crippen LogP contribution in [-0.2, 0) is 11.2 Å². The highest BCUT2D eigenvalue weighted by molar-refractivity contribution is 5.76. The number of anilines is 1. The normalized spacial score (nSPS) is 23.9. The predicted octanol–water partition coefficient (Wildman–Crippen LogP) is 1.86. The van der Waals surface area contributed by atoms with Gasteiger partial charge in [0, 0.05) is 44.3 Å². The molecule has 0 aliphatic carbocycles. The van der Waals surface area contributed by atoms with Crippen molar-refractivity contribution < 1.29 is 4.79 Å². The molecule has 142 valence electrons. The summed E-state index contributed by atoms with van der Waals surface area (Å²) >= 11 is 0. The average molecular weight is 364 g/mol. The lowest BCUT2D eigenvalue weighted by Gasteiger charge is -2.37. The fourth-order valence-corrected chi connectivity index (χ4v) is 4.35. The largest absolute Gasteiger partial charge is 0.345 e. The van der Waals surface area contributed by atoms with Gasteiger partial charge in [-0.15, -0.1) is 0 Å². The van der Waals surface area contributed by atoms with E-state index in [0.717, 1.165) is 50.1 Å². The number of piperazine rings is 1. The van der Waals surface area contributed by atoms with Gasteiger partial charge in [0.05, 0.1) is 12.2 Å². The molecule has 2 aromatic rings. The Morgan fingerprint density at radius 3 is 2.78 bits per heavy atom. The number of hydrogen-bond acceptors (Lipinski definition) is 5. The van der Waals surface area contributed by atoms with Gasteiger partial charge in [-0.3, -0.25) is 4.90 Å². The van der Waals surface area contributed by atoms with Gasteiger partial charge in [0.1, 0.15) is 6.29 Å². The predicted molar refractivity (Wildman–Crippen MR) is 110 cm³/mol. The number of nitrogens with two attached hydrogens (primary N) is 1. The quantitative estimate of drug-likeness (QED) is 0.793. The van der Waals surface area contributed by atoms with Crippen LogP contribution in [0.5, 0.6) is 0 Å². The molecule has 0 bridgehead atoms. The number of rotatable bonds is 5. The molecule has 2 heterocycles. The molecule has 27 heavy (non-hydrogen) atoms. The first-order chi connectivity index (χ1) is 13.2. The first kappa shape index (κ1) is 18.2. The van der Waals surface area contributed by atoms with Gasteiger partial charge < -0.3 is 20.7 Å². The van der Waals surface area contributed by atoms with E-state index >= 15 is 0 Å². The zero-order valence-corrected chi connectivity index (χ0v) is 15.8. The van der Waals surface area contributed by atoms with Crippen LogP contribution >= 0.6 is 0 Å². The Kier molecular flexibility index (Phi) is 5.25. The van der Waals surface area contributed by atoms with E-state index in [4.69, 9.17) is 5.73 Å². The van der Waals surface area contributed by atoms with Crippen LogP contribution in [0.4, 0.5) is 5.69 Å². The Balaban J connectivity index is 1.60. The maximum Gasteiger partial charge on any atom is 0.143 e. The monoisotopic (exact) mass is 364 g/mol. The number of carbonyl (C=O) groups is 1. The summed E-state index contributed by atoms with van der Waals surface area (Å²) in [4.78, 5) is 16.5. The van der Waals surface area contributed by atoms with Crippen molar-refractivity contribution >= 4 is 12.0 Å². The minimum atomic E-state index is -0.224. The van der Waals surface area contributed by atoms with Gasteiger partial charge in [-0.05, 0) is 29.7 Å². The molecule has 2 aliphatic heterocycles. The summed E-state index contributed by atoms with van der Waals surface area (Å²) in [7, 11) is 0. The van der Waals surface area contributed by atoms with E-state index < -0.39 is 0 Å². The van der Waals surface area contributed by atoms with Gasteiger partial charge in [-0.1, -0.05) is 42.5 Å². The molecule has 3 unspecified atom stereocenters. The van der Waals surface area contributed by atoms with Crippen LogP contribution in [0.15, 0.2) is 48.5 Å². The SMILES string of the molecule is CC1CN(CC(C=O)N2c3cc(-c4ccccc4)ccc3CC2N)CCN1. The van der Waals surface area contributed by atoms with E-state index in [1.807, 2.05) is 18.2 Å². The van der Waals surface area contributed by atoms with Crippen molar-refractivity contribution in [1.29, 1.82) is 0 Å². The smallest absolute Gasteiger partial charge is 0.143 e. The lowest BCUT2D eigenvalue weighted by Crippen LogP contribution is -2.56. The number of benzene rings is 2. The standard InChI is InChI=1S/C22H28N4O/c1-16-13-25(10-9-24-16)14-20(15-27)26-21-11-18(17-5-3-2-4-6-17)7-8-19(21)12-22(26)23/h2-8,11,15-16,20,22,24H,9-10,12-14,23H2,1H3. The zero-order valence-electron chi connectivity index (χ0n) is 15.8. The first-order valence-electron chi connectivity index (χ1n) is 9.79. The summed E-state index contributed by atoms with van der Waals surface area (Å²) in [6, 6.07) is 17.1. The number of fused-ring (bicyclic) bond motifs is 1. The Bertz CT molecular complexity index is 794.